The number of rotatable bonds is 3. The molecule has 0 aromatic heterocycles. The fraction of sp³-hybridized carbons (Fsp3) is 0.500. The molecule has 1 heterocycles. The van der Waals surface area contributed by atoms with E-state index in [1.807, 2.05) is 0 Å². The van der Waals surface area contributed by atoms with Gasteiger partial charge in [-0.3, -0.25) is 9.69 Å². The van der Waals surface area contributed by atoms with E-state index in [0.717, 1.165) is 19.4 Å². The highest BCUT2D eigenvalue weighted by molar-refractivity contribution is 6.36. The lowest BCUT2D eigenvalue weighted by atomic mass is 10.0. The standard InChI is InChI=1S/C14H17Cl2NO/c1-14(2)6-3-7-17(14)9-13(18)11-8-10(15)4-5-12(11)16/h4-5,8H,3,6-7,9H2,1-2H3. The monoisotopic (exact) mass is 285 g/mol. The molecule has 0 spiro atoms. The second-order valence-electron chi connectivity index (χ2n) is 5.38. The number of carbonyl (C=O) groups is 1. The van der Waals surface area contributed by atoms with Crippen molar-refractivity contribution in [2.24, 2.45) is 0 Å². The number of likely N-dealkylation sites (tertiary alicyclic amines) is 1. The minimum absolute atomic E-state index is 0.0393. The molecule has 0 radical (unpaired) electrons. The van der Waals surface area contributed by atoms with Gasteiger partial charge in [0.25, 0.3) is 0 Å². The second-order valence-corrected chi connectivity index (χ2v) is 6.23. The first-order chi connectivity index (χ1) is 8.40. The van der Waals surface area contributed by atoms with E-state index in [-0.39, 0.29) is 11.3 Å². The average Bonchev–Trinajstić information content (AvgIpc) is 2.62. The highest BCUT2D eigenvalue weighted by atomic mass is 35.5. The largest absolute Gasteiger partial charge is 0.293 e. The van der Waals surface area contributed by atoms with E-state index in [1.165, 1.54) is 0 Å². The number of ketones is 1. The Balaban J connectivity index is 2.15. The number of hydrogen-bond acceptors (Lipinski definition) is 2. The Labute approximate surface area is 118 Å². The predicted octanol–water partition coefficient (Wildman–Crippen LogP) is 4.05. The lowest BCUT2D eigenvalue weighted by molar-refractivity contribution is 0.0871. The summed E-state index contributed by atoms with van der Waals surface area (Å²) in [6.45, 7) is 5.73. The summed E-state index contributed by atoms with van der Waals surface area (Å²) < 4.78 is 0. The van der Waals surface area contributed by atoms with Crippen molar-refractivity contribution in [2.45, 2.75) is 32.2 Å². The number of halogens is 2. The van der Waals surface area contributed by atoms with Crippen LogP contribution in [0.2, 0.25) is 10.0 Å². The van der Waals surface area contributed by atoms with Gasteiger partial charge in [-0.05, 0) is 51.4 Å². The molecule has 4 heteroatoms. The quantitative estimate of drug-likeness (QED) is 0.781. The molecule has 1 fully saturated rings. The third kappa shape index (κ3) is 2.87. The third-order valence-corrected chi connectivity index (χ3v) is 4.20. The van der Waals surface area contributed by atoms with Crippen LogP contribution in [0.5, 0.6) is 0 Å². The molecule has 0 bridgehead atoms. The molecule has 0 aliphatic carbocycles. The smallest absolute Gasteiger partial charge is 0.178 e. The first kappa shape index (κ1) is 13.9. The van der Waals surface area contributed by atoms with Crippen LogP contribution in [0.4, 0.5) is 0 Å². The van der Waals surface area contributed by atoms with Gasteiger partial charge in [0.05, 0.1) is 11.6 Å². The molecule has 1 aliphatic heterocycles. The molecule has 1 aromatic rings. The minimum atomic E-state index is 0.0393. The van der Waals surface area contributed by atoms with Crippen molar-refractivity contribution in [1.82, 2.24) is 4.90 Å². The summed E-state index contributed by atoms with van der Waals surface area (Å²) in [5.41, 5.74) is 0.618. The van der Waals surface area contributed by atoms with Gasteiger partial charge in [0, 0.05) is 16.1 Å². The van der Waals surface area contributed by atoms with Crippen molar-refractivity contribution in [3.8, 4) is 0 Å². The lowest BCUT2D eigenvalue weighted by Gasteiger charge is -2.30. The molecular formula is C14H17Cl2NO. The minimum Gasteiger partial charge on any atom is -0.293 e. The van der Waals surface area contributed by atoms with Crippen molar-refractivity contribution in [1.29, 1.82) is 0 Å². The van der Waals surface area contributed by atoms with Crippen LogP contribution in [0.25, 0.3) is 0 Å². The molecule has 1 aromatic carbocycles. The Morgan fingerprint density at radius 3 is 2.72 bits per heavy atom. The van der Waals surface area contributed by atoms with E-state index >= 15 is 0 Å². The zero-order valence-electron chi connectivity index (χ0n) is 10.7. The Morgan fingerprint density at radius 2 is 2.11 bits per heavy atom. The summed E-state index contributed by atoms with van der Waals surface area (Å²) in [5, 5.41) is 1.02. The number of nitrogens with zero attached hydrogens (tertiary/aromatic N) is 1. The van der Waals surface area contributed by atoms with Crippen LogP contribution in [0.15, 0.2) is 18.2 Å². The SMILES string of the molecule is CC1(C)CCCN1CC(=O)c1cc(Cl)ccc1Cl. The van der Waals surface area contributed by atoms with E-state index in [0.29, 0.717) is 22.2 Å². The summed E-state index contributed by atoms with van der Waals surface area (Å²) in [7, 11) is 0. The molecule has 1 saturated heterocycles. The predicted molar refractivity (Wildman–Crippen MR) is 75.7 cm³/mol. The van der Waals surface area contributed by atoms with Crippen molar-refractivity contribution < 1.29 is 4.79 Å². The van der Waals surface area contributed by atoms with E-state index in [1.54, 1.807) is 18.2 Å². The van der Waals surface area contributed by atoms with Crippen molar-refractivity contribution in [3.05, 3.63) is 33.8 Å². The Bertz CT molecular complexity index is 471. The molecule has 98 valence electrons. The lowest BCUT2D eigenvalue weighted by Crippen LogP contribution is -2.41. The summed E-state index contributed by atoms with van der Waals surface area (Å²) in [4.78, 5) is 14.5. The summed E-state index contributed by atoms with van der Waals surface area (Å²) >= 11 is 12.0. The van der Waals surface area contributed by atoms with Crippen LogP contribution in [0, 0.1) is 0 Å². The van der Waals surface area contributed by atoms with Gasteiger partial charge < -0.3 is 0 Å². The van der Waals surface area contributed by atoms with Crippen molar-refractivity contribution in [3.63, 3.8) is 0 Å². The van der Waals surface area contributed by atoms with Gasteiger partial charge in [-0.15, -0.1) is 0 Å². The van der Waals surface area contributed by atoms with Crippen LogP contribution in [-0.2, 0) is 0 Å². The first-order valence-corrected chi connectivity index (χ1v) is 6.89. The Morgan fingerprint density at radius 1 is 1.39 bits per heavy atom. The number of Topliss-reactive ketones (excluding diaryl/α,β-unsaturated/α-hetero) is 1. The van der Waals surface area contributed by atoms with E-state index in [4.69, 9.17) is 23.2 Å². The summed E-state index contributed by atoms with van der Waals surface area (Å²) in [6.07, 6.45) is 2.27. The molecule has 2 nitrogen and oxygen atoms in total. The number of benzene rings is 1. The molecule has 0 saturated carbocycles. The molecular weight excluding hydrogens is 269 g/mol. The van der Waals surface area contributed by atoms with Gasteiger partial charge in [0.2, 0.25) is 0 Å². The van der Waals surface area contributed by atoms with Gasteiger partial charge in [0.1, 0.15) is 0 Å². The zero-order valence-corrected chi connectivity index (χ0v) is 12.2. The van der Waals surface area contributed by atoms with Gasteiger partial charge >= 0.3 is 0 Å². The molecule has 18 heavy (non-hydrogen) atoms. The van der Waals surface area contributed by atoms with Crippen molar-refractivity contribution in [2.75, 3.05) is 13.1 Å². The Hall–Kier alpha value is -0.570. The van der Waals surface area contributed by atoms with Gasteiger partial charge in [0.15, 0.2) is 5.78 Å². The normalized spacial score (nSPS) is 19.1. The summed E-state index contributed by atoms with van der Waals surface area (Å²) in [6, 6.07) is 5.02. The first-order valence-electron chi connectivity index (χ1n) is 6.13. The molecule has 0 amide bonds. The van der Waals surface area contributed by atoms with Crippen LogP contribution in [0.3, 0.4) is 0 Å². The highest BCUT2D eigenvalue weighted by Crippen LogP contribution is 2.29. The van der Waals surface area contributed by atoms with Crippen LogP contribution < -0.4 is 0 Å². The molecule has 0 N–H and O–H groups in total. The van der Waals surface area contributed by atoms with Crippen LogP contribution >= 0.6 is 23.2 Å². The molecule has 1 aliphatic rings. The third-order valence-electron chi connectivity index (χ3n) is 3.64. The van der Waals surface area contributed by atoms with Crippen LogP contribution in [-0.4, -0.2) is 29.3 Å². The van der Waals surface area contributed by atoms with Gasteiger partial charge in [-0.1, -0.05) is 23.2 Å². The van der Waals surface area contributed by atoms with Gasteiger partial charge in [-0.2, -0.15) is 0 Å². The fourth-order valence-electron chi connectivity index (χ4n) is 2.43. The van der Waals surface area contributed by atoms with E-state index in [9.17, 15) is 4.79 Å². The zero-order chi connectivity index (χ0) is 13.3. The maximum Gasteiger partial charge on any atom is 0.178 e. The average molecular weight is 286 g/mol. The van der Waals surface area contributed by atoms with E-state index < -0.39 is 0 Å². The maximum absolute atomic E-state index is 12.3. The Kier molecular flexibility index (Phi) is 4.00. The molecule has 0 atom stereocenters. The summed E-state index contributed by atoms with van der Waals surface area (Å²) in [5.74, 6) is 0.0393. The maximum atomic E-state index is 12.3. The molecule has 0 unspecified atom stereocenters. The number of hydrogen-bond donors (Lipinski definition) is 0. The van der Waals surface area contributed by atoms with Crippen LogP contribution in [0.1, 0.15) is 37.0 Å². The topological polar surface area (TPSA) is 20.3 Å². The highest BCUT2D eigenvalue weighted by Gasteiger charge is 2.33. The second kappa shape index (κ2) is 5.20. The van der Waals surface area contributed by atoms with Gasteiger partial charge in [-0.25, -0.2) is 0 Å². The van der Waals surface area contributed by atoms with E-state index in [2.05, 4.69) is 18.7 Å². The fourth-order valence-corrected chi connectivity index (χ4v) is 2.82. The molecule has 2 rings (SSSR count). The number of carbonyl (C=O) groups excluding carboxylic acids is 1. The van der Waals surface area contributed by atoms with Crippen molar-refractivity contribution >= 4 is 29.0 Å².